The van der Waals surface area contributed by atoms with Gasteiger partial charge in [0, 0.05) is 27.9 Å². The van der Waals surface area contributed by atoms with Crippen LogP contribution >= 0.6 is 27.7 Å². The van der Waals surface area contributed by atoms with Crippen LogP contribution in [0.4, 0.5) is 11.4 Å². The fourth-order valence-corrected chi connectivity index (χ4v) is 6.80. The molecule has 0 saturated heterocycles. The van der Waals surface area contributed by atoms with E-state index in [1.165, 1.54) is 11.8 Å². The topological polar surface area (TPSA) is 40.5 Å². The lowest BCUT2D eigenvalue weighted by Gasteiger charge is -2.37. The molecule has 1 heterocycles. The van der Waals surface area contributed by atoms with Gasteiger partial charge >= 0.3 is 0 Å². The van der Waals surface area contributed by atoms with E-state index in [9.17, 15) is 9.32 Å². The van der Waals surface area contributed by atoms with Crippen LogP contribution in [0.5, 0.6) is 5.75 Å². The van der Waals surface area contributed by atoms with Gasteiger partial charge in [-0.2, -0.15) is 0 Å². The molecule has 164 valence electrons. The maximum Gasteiger partial charge on any atom is 0.130 e. The number of hydrogen-bond donors (Lipinski definition) is 1. The van der Waals surface area contributed by atoms with Crippen LogP contribution in [0.2, 0.25) is 0 Å². The summed E-state index contributed by atoms with van der Waals surface area (Å²) in [6.45, 7) is 5.31. The predicted molar refractivity (Wildman–Crippen MR) is 134 cm³/mol. The summed E-state index contributed by atoms with van der Waals surface area (Å²) in [5.74, 6) is 0.880. The number of phenolic OH excluding ortho intramolecular Hbond substituents is 1. The lowest BCUT2D eigenvalue weighted by Crippen LogP contribution is -2.37. The molecule has 1 N–H and O–H groups in total. The van der Waals surface area contributed by atoms with E-state index in [2.05, 4.69) is 58.9 Å². The molecule has 1 unspecified atom stereocenters. The van der Waals surface area contributed by atoms with Crippen LogP contribution in [0, 0.1) is 5.41 Å². The quantitative estimate of drug-likeness (QED) is 0.373. The van der Waals surface area contributed by atoms with E-state index in [4.69, 9.17) is 0 Å². The molecule has 1 aliphatic rings. The summed E-state index contributed by atoms with van der Waals surface area (Å²) in [5.41, 5.74) is 2.07. The van der Waals surface area contributed by atoms with Crippen LogP contribution in [0.25, 0.3) is 0 Å². The van der Waals surface area contributed by atoms with E-state index in [0.717, 1.165) is 70.7 Å². The summed E-state index contributed by atoms with van der Waals surface area (Å²) in [5, 5.41) is 10.5. The molecule has 30 heavy (non-hydrogen) atoms. The van der Waals surface area contributed by atoms with Gasteiger partial charge in [0.05, 0.1) is 26.3 Å². The molecule has 0 spiro atoms. The first-order valence-electron chi connectivity index (χ1n) is 10.8. The molecule has 1 aliphatic heterocycles. The summed E-state index contributed by atoms with van der Waals surface area (Å²) >= 11 is 5.07. The van der Waals surface area contributed by atoms with Gasteiger partial charge in [0.25, 0.3) is 0 Å². The highest BCUT2D eigenvalue weighted by Gasteiger charge is 2.39. The Morgan fingerprint density at radius 1 is 1.13 bits per heavy atom. The van der Waals surface area contributed by atoms with Crippen LogP contribution in [-0.4, -0.2) is 27.9 Å². The molecule has 2 aromatic carbocycles. The molecule has 2 aromatic rings. The SMILES string of the molecule is CCCCC1(CCCC)CN(c2ccc(Br)cc2)c2cc(SC)c(O)cc2S(=O)C1. The number of rotatable bonds is 8. The molecule has 0 aromatic heterocycles. The Hall–Kier alpha value is -0.980. The summed E-state index contributed by atoms with van der Waals surface area (Å²) in [6, 6.07) is 12.1. The molecule has 0 aliphatic carbocycles. The van der Waals surface area contributed by atoms with E-state index in [1.807, 2.05) is 12.3 Å². The zero-order chi connectivity index (χ0) is 21.7. The monoisotopic (exact) mass is 509 g/mol. The van der Waals surface area contributed by atoms with Crippen molar-refractivity contribution < 1.29 is 9.32 Å². The molecule has 0 radical (unpaired) electrons. The summed E-state index contributed by atoms with van der Waals surface area (Å²) in [6.07, 6.45) is 8.70. The van der Waals surface area contributed by atoms with Crippen LogP contribution < -0.4 is 4.90 Å². The second-order valence-corrected chi connectivity index (χ2v) is 11.4. The van der Waals surface area contributed by atoms with Gasteiger partial charge in [0.15, 0.2) is 0 Å². The number of unbranched alkanes of at least 4 members (excludes halogenated alkanes) is 2. The zero-order valence-electron chi connectivity index (χ0n) is 18.1. The highest BCUT2D eigenvalue weighted by atomic mass is 79.9. The van der Waals surface area contributed by atoms with Gasteiger partial charge < -0.3 is 10.0 Å². The molecule has 1 atom stereocenters. The smallest absolute Gasteiger partial charge is 0.130 e. The van der Waals surface area contributed by atoms with Crippen molar-refractivity contribution in [3.8, 4) is 5.75 Å². The average Bonchev–Trinajstić information content (AvgIpc) is 2.86. The molecule has 0 fully saturated rings. The van der Waals surface area contributed by atoms with E-state index < -0.39 is 10.8 Å². The Labute approximate surface area is 196 Å². The minimum atomic E-state index is -1.15. The summed E-state index contributed by atoms with van der Waals surface area (Å²) in [4.78, 5) is 3.92. The first-order chi connectivity index (χ1) is 14.4. The predicted octanol–water partition coefficient (Wildman–Crippen LogP) is 7.50. The first-order valence-corrected chi connectivity index (χ1v) is 14.1. The number of anilines is 2. The van der Waals surface area contributed by atoms with Gasteiger partial charge in [0.2, 0.25) is 0 Å². The molecule has 0 bridgehead atoms. The fourth-order valence-electron chi connectivity index (χ4n) is 4.30. The normalized spacial score (nSPS) is 18.1. The van der Waals surface area contributed by atoms with E-state index in [0.29, 0.717) is 5.75 Å². The van der Waals surface area contributed by atoms with Gasteiger partial charge in [-0.3, -0.25) is 4.21 Å². The highest BCUT2D eigenvalue weighted by Crippen LogP contribution is 2.46. The third kappa shape index (κ3) is 5.25. The molecule has 0 saturated carbocycles. The van der Waals surface area contributed by atoms with Crippen molar-refractivity contribution in [2.45, 2.75) is 62.2 Å². The Morgan fingerprint density at radius 3 is 2.33 bits per heavy atom. The third-order valence-electron chi connectivity index (χ3n) is 5.99. The second kappa shape index (κ2) is 10.6. The highest BCUT2D eigenvalue weighted by molar-refractivity contribution is 9.10. The zero-order valence-corrected chi connectivity index (χ0v) is 21.3. The third-order valence-corrected chi connectivity index (χ3v) is 8.97. The van der Waals surface area contributed by atoms with E-state index in [1.54, 1.807) is 6.07 Å². The van der Waals surface area contributed by atoms with Crippen molar-refractivity contribution in [3.05, 3.63) is 40.9 Å². The van der Waals surface area contributed by atoms with Gasteiger partial charge in [-0.15, -0.1) is 11.8 Å². The molecule has 6 heteroatoms. The van der Waals surface area contributed by atoms with E-state index in [-0.39, 0.29) is 11.2 Å². The number of hydrogen-bond acceptors (Lipinski definition) is 4. The lowest BCUT2D eigenvalue weighted by atomic mass is 9.79. The number of phenols is 1. The van der Waals surface area contributed by atoms with Crippen molar-refractivity contribution in [2.75, 3.05) is 23.5 Å². The van der Waals surface area contributed by atoms with Gasteiger partial charge in [-0.1, -0.05) is 55.5 Å². The van der Waals surface area contributed by atoms with Crippen molar-refractivity contribution in [2.24, 2.45) is 5.41 Å². The van der Waals surface area contributed by atoms with Crippen LogP contribution in [0.3, 0.4) is 0 Å². The molecular weight excluding hydrogens is 478 g/mol. The van der Waals surface area contributed by atoms with Crippen molar-refractivity contribution in [1.82, 2.24) is 0 Å². The summed E-state index contributed by atoms with van der Waals surface area (Å²) < 4.78 is 14.6. The number of fused-ring (bicyclic) bond motifs is 1. The van der Waals surface area contributed by atoms with Crippen molar-refractivity contribution >= 4 is 49.9 Å². The van der Waals surface area contributed by atoms with Crippen LogP contribution in [0.1, 0.15) is 52.4 Å². The largest absolute Gasteiger partial charge is 0.507 e. The summed E-state index contributed by atoms with van der Waals surface area (Å²) in [7, 11) is -1.15. The number of halogens is 1. The average molecular weight is 511 g/mol. The molecule has 0 amide bonds. The Morgan fingerprint density at radius 2 is 1.77 bits per heavy atom. The molecular formula is C24H32BrNO2S2. The van der Waals surface area contributed by atoms with Crippen molar-refractivity contribution in [3.63, 3.8) is 0 Å². The van der Waals surface area contributed by atoms with Crippen molar-refractivity contribution in [1.29, 1.82) is 0 Å². The number of nitrogens with zero attached hydrogens (tertiary/aromatic N) is 1. The lowest BCUT2D eigenvalue weighted by molar-refractivity contribution is 0.272. The maximum absolute atomic E-state index is 13.6. The van der Waals surface area contributed by atoms with Crippen LogP contribution in [0.15, 0.2) is 50.7 Å². The van der Waals surface area contributed by atoms with Gasteiger partial charge in [-0.05, 0) is 55.5 Å². The second-order valence-electron chi connectivity index (χ2n) is 8.25. The van der Waals surface area contributed by atoms with Gasteiger partial charge in [-0.25, -0.2) is 0 Å². The van der Waals surface area contributed by atoms with Gasteiger partial charge in [0.1, 0.15) is 5.75 Å². The Balaban J connectivity index is 2.16. The number of aromatic hydroxyl groups is 1. The van der Waals surface area contributed by atoms with E-state index >= 15 is 0 Å². The Kier molecular flexibility index (Phi) is 8.33. The number of thioether (sulfide) groups is 1. The molecule has 3 rings (SSSR count). The van der Waals surface area contributed by atoms with Crippen LogP contribution in [-0.2, 0) is 10.8 Å². The minimum absolute atomic E-state index is 0.00187. The molecule has 3 nitrogen and oxygen atoms in total. The standard InChI is InChI=1S/C24H32BrNO2S2/c1-4-6-12-24(13-7-5-2)16-26(19-10-8-18(25)9-11-19)20-14-22(29-3)21(27)15-23(20)30(28)17-24/h8-11,14-15,27H,4-7,12-13,16-17H2,1-3H3. The maximum atomic E-state index is 13.6. The minimum Gasteiger partial charge on any atom is -0.507 e. The Bertz CT molecular complexity index is 878. The first kappa shape index (κ1) is 23.7. The fraction of sp³-hybridized carbons (Fsp3) is 0.500. The number of benzene rings is 2.